The number of methoxy groups -OCH3 is 1. The van der Waals surface area contributed by atoms with Crippen LogP contribution in [0.1, 0.15) is 77.3 Å². The van der Waals surface area contributed by atoms with E-state index in [0.717, 1.165) is 44.5 Å². The first-order valence-corrected chi connectivity index (χ1v) is 22.2. The van der Waals surface area contributed by atoms with Gasteiger partial charge in [0.15, 0.2) is 0 Å². The van der Waals surface area contributed by atoms with Crippen molar-refractivity contribution in [3.8, 4) is 28.1 Å². The number of aliphatic hydroxyl groups excluding tert-OH is 1. The number of pyridine rings is 1. The summed E-state index contributed by atoms with van der Waals surface area (Å²) in [5, 5.41) is 30.2. The van der Waals surface area contributed by atoms with Gasteiger partial charge in [0.05, 0.1) is 36.1 Å². The Bertz CT molecular complexity index is 2360. The summed E-state index contributed by atoms with van der Waals surface area (Å²) in [6.07, 6.45) is 2.11. The molecule has 2 aromatic carbocycles. The molecule has 1 unspecified atom stereocenters. The van der Waals surface area contributed by atoms with E-state index < -0.39 is 53.3 Å². The zero-order valence-electron chi connectivity index (χ0n) is 37.7. The molecule has 2 fully saturated rings. The molecule has 3 aliphatic heterocycles. The van der Waals surface area contributed by atoms with Crippen molar-refractivity contribution in [2.45, 2.75) is 104 Å². The number of cyclic esters (lactones) is 1. The largest absolute Gasteiger partial charge is 0.508 e. The zero-order valence-corrected chi connectivity index (χ0v) is 37.7. The number of carbonyl (C=O) groups is 4. The van der Waals surface area contributed by atoms with Crippen molar-refractivity contribution in [1.29, 1.82) is 0 Å². The number of aromatic nitrogens is 2. The number of nitrogens with zero attached hydrogens (tertiary/aromatic N) is 4. The predicted octanol–water partition coefficient (Wildman–Crippen LogP) is 4.51. The number of carbonyl (C=O) groups excluding carboxylic acids is 4. The quantitative estimate of drug-likeness (QED) is 0.149. The second-order valence-electron chi connectivity index (χ2n) is 18.5. The van der Waals surface area contributed by atoms with Gasteiger partial charge in [-0.05, 0) is 97.7 Å². The maximum Gasteiger partial charge on any atom is 0.324 e. The average Bonchev–Trinajstić information content (AvgIpc) is 3.83. The van der Waals surface area contributed by atoms with Gasteiger partial charge in [0.25, 0.3) is 5.91 Å². The standard InChI is InChI=1S/C48H63N7O8/c1-9-54-39-15-14-30-22-34(39)35(43(54)33-12-10-16-50-41(33)28(4)62-8)23-48(5,6)26-63-47(61)37-13-11-17-55(52-37)46(60)38(20-29-18-31(30)21-32(56)19-29)51-44(58)42(27(2)3)53(7)45(59)36-24-49-25-40(36)57/h10,12,14-16,18-19,21-22,27-28,36-38,40,42,49,52,56-57H,9,11,13,17,20,23-26H2,1-8H3,(H,51,58)/t28-,36+,37-,38-,40-,42?/m0/s1. The lowest BCUT2D eigenvalue weighted by molar-refractivity contribution is -0.155. The van der Waals surface area contributed by atoms with Crippen LogP contribution in [0.5, 0.6) is 5.75 Å². The second-order valence-corrected chi connectivity index (χ2v) is 18.5. The fourth-order valence-corrected chi connectivity index (χ4v) is 9.57. The van der Waals surface area contributed by atoms with Crippen LogP contribution in [0.3, 0.4) is 0 Å². The third-order valence-corrected chi connectivity index (χ3v) is 12.8. The number of hydrazine groups is 1. The van der Waals surface area contributed by atoms with E-state index in [1.54, 1.807) is 32.5 Å². The van der Waals surface area contributed by atoms with E-state index >= 15 is 0 Å². The Morgan fingerprint density at radius 2 is 1.87 bits per heavy atom. The number of hydrogen-bond donors (Lipinski definition) is 5. The van der Waals surface area contributed by atoms with Crippen molar-refractivity contribution in [1.82, 2.24) is 35.5 Å². The lowest BCUT2D eigenvalue weighted by Crippen LogP contribution is -2.62. The number of hydrogen-bond acceptors (Lipinski definition) is 11. The van der Waals surface area contributed by atoms with Crippen molar-refractivity contribution >= 4 is 34.6 Å². The molecule has 0 saturated carbocycles. The Balaban J connectivity index is 1.34. The lowest BCUT2D eigenvalue weighted by atomic mass is 9.84. The molecule has 63 heavy (non-hydrogen) atoms. The third kappa shape index (κ3) is 9.47. The maximum atomic E-state index is 14.6. The van der Waals surface area contributed by atoms with E-state index in [2.05, 4.69) is 59.6 Å². The molecule has 2 aromatic heterocycles. The summed E-state index contributed by atoms with van der Waals surface area (Å²) >= 11 is 0. The van der Waals surface area contributed by atoms with Gasteiger partial charge in [0.2, 0.25) is 11.8 Å². The number of amides is 3. The monoisotopic (exact) mass is 865 g/mol. The van der Waals surface area contributed by atoms with Crippen LogP contribution in [0, 0.1) is 17.3 Å². The summed E-state index contributed by atoms with van der Waals surface area (Å²) in [5.41, 5.74) is 9.54. The average molecular weight is 866 g/mol. The summed E-state index contributed by atoms with van der Waals surface area (Å²) in [7, 11) is 3.22. The van der Waals surface area contributed by atoms with Gasteiger partial charge in [-0.15, -0.1) is 0 Å². The third-order valence-electron chi connectivity index (χ3n) is 12.8. The molecule has 0 spiro atoms. The Hall–Kier alpha value is -5.35. The van der Waals surface area contributed by atoms with E-state index in [4.69, 9.17) is 14.5 Å². The van der Waals surface area contributed by atoms with Crippen molar-refractivity contribution < 1.29 is 38.9 Å². The van der Waals surface area contributed by atoms with Gasteiger partial charge in [0, 0.05) is 74.8 Å². The number of fused-ring (bicyclic) bond motifs is 6. The molecule has 4 aromatic rings. The Morgan fingerprint density at radius 3 is 2.57 bits per heavy atom. The number of aliphatic hydroxyl groups is 1. The van der Waals surface area contributed by atoms with Crippen LogP contribution in [0.4, 0.5) is 0 Å². The Morgan fingerprint density at radius 1 is 1.10 bits per heavy atom. The fraction of sp³-hybridized carbons (Fsp3) is 0.521. The molecule has 2 saturated heterocycles. The van der Waals surface area contributed by atoms with Crippen LogP contribution in [-0.4, -0.2) is 118 Å². The molecular formula is C48H63N7O8. The highest BCUT2D eigenvalue weighted by atomic mass is 16.5. The normalized spacial score (nSPS) is 22.7. The minimum absolute atomic E-state index is 0.00743. The van der Waals surface area contributed by atoms with E-state index in [1.807, 2.05) is 39.0 Å². The Kier molecular flexibility index (Phi) is 13.6. The molecule has 6 bridgehead atoms. The first-order chi connectivity index (χ1) is 30.0. The summed E-state index contributed by atoms with van der Waals surface area (Å²) in [6, 6.07) is 12.5. The van der Waals surface area contributed by atoms with Gasteiger partial charge in [0.1, 0.15) is 23.9 Å². The highest BCUT2D eigenvalue weighted by Crippen LogP contribution is 2.42. The first kappa shape index (κ1) is 45.7. The van der Waals surface area contributed by atoms with Crippen LogP contribution < -0.4 is 16.1 Å². The summed E-state index contributed by atoms with van der Waals surface area (Å²) in [6.45, 7) is 13.5. The Labute approximate surface area is 369 Å². The molecule has 3 amide bonds. The minimum Gasteiger partial charge on any atom is -0.508 e. The van der Waals surface area contributed by atoms with E-state index in [9.17, 15) is 29.4 Å². The number of phenols is 1. The smallest absolute Gasteiger partial charge is 0.324 e. The minimum atomic E-state index is -1.16. The van der Waals surface area contributed by atoms with Crippen LogP contribution in [0.15, 0.2) is 54.7 Å². The number of β-amino-alcohol motifs (C(OH)–C–C–N with tert-alkyl or cyclic N) is 1. The molecule has 3 aliphatic rings. The maximum absolute atomic E-state index is 14.6. The molecule has 0 radical (unpaired) electrons. The second kappa shape index (κ2) is 18.8. The van der Waals surface area contributed by atoms with Gasteiger partial charge < -0.3 is 39.8 Å². The topological polar surface area (TPSA) is 188 Å². The van der Waals surface area contributed by atoms with Gasteiger partial charge in [-0.1, -0.05) is 39.8 Å². The summed E-state index contributed by atoms with van der Waals surface area (Å²) < 4.78 is 14.2. The SMILES string of the molecule is CCn1c(-c2cccnc2[C@H](C)OC)c2c3cc(ccc31)-c1cc(O)cc(c1)C[C@H](NC(=O)C(C(C)C)N(C)C(=O)[C@@H]1CNC[C@@H]1O)C(=O)N1CCC[C@H](N1)C(=O)OCC(C)(C)C2. The van der Waals surface area contributed by atoms with Gasteiger partial charge >= 0.3 is 5.97 Å². The van der Waals surface area contributed by atoms with Crippen molar-refractivity contribution in [2.75, 3.05) is 40.4 Å². The number of benzene rings is 2. The first-order valence-electron chi connectivity index (χ1n) is 22.2. The van der Waals surface area contributed by atoms with Crippen molar-refractivity contribution in [3.05, 3.63) is 71.5 Å². The van der Waals surface area contributed by atoms with Crippen LogP contribution in [0.2, 0.25) is 0 Å². The van der Waals surface area contributed by atoms with E-state index in [-0.39, 0.29) is 49.8 Å². The van der Waals surface area contributed by atoms with Crippen LogP contribution >= 0.6 is 0 Å². The number of likely N-dealkylation sites (N-methyl/N-ethyl adjacent to an activating group) is 1. The van der Waals surface area contributed by atoms with Crippen LogP contribution in [-0.2, 0) is 48.0 Å². The number of aryl methyl sites for hydroxylation is 1. The summed E-state index contributed by atoms with van der Waals surface area (Å²) in [4.78, 5) is 62.6. The molecule has 5 N–H and O–H groups in total. The van der Waals surface area contributed by atoms with Crippen molar-refractivity contribution in [2.24, 2.45) is 17.3 Å². The van der Waals surface area contributed by atoms with E-state index in [1.165, 1.54) is 9.91 Å². The number of esters is 1. The molecule has 15 heteroatoms. The van der Waals surface area contributed by atoms with Gasteiger partial charge in [-0.3, -0.25) is 29.2 Å². The fourth-order valence-electron chi connectivity index (χ4n) is 9.57. The molecular weight excluding hydrogens is 803 g/mol. The molecule has 338 valence electrons. The number of phenolic OH excluding ortho intramolecular Hbond substituents is 1. The highest BCUT2D eigenvalue weighted by molar-refractivity contribution is 5.96. The predicted molar refractivity (Wildman–Crippen MR) is 239 cm³/mol. The number of aromatic hydroxyl groups is 1. The number of rotatable bonds is 9. The highest BCUT2D eigenvalue weighted by Gasteiger charge is 2.41. The summed E-state index contributed by atoms with van der Waals surface area (Å²) in [5.74, 6) is -2.93. The zero-order chi connectivity index (χ0) is 45.3. The lowest BCUT2D eigenvalue weighted by Gasteiger charge is -2.37. The van der Waals surface area contributed by atoms with Gasteiger partial charge in [-0.25, -0.2) is 5.43 Å². The molecule has 0 aliphatic carbocycles. The van der Waals surface area contributed by atoms with Crippen LogP contribution in [0.25, 0.3) is 33.3 Å². The molecule has 5 heterocycles. The van der Waals surface area contributed by atoms with Crippen molar-refractivity contribution in [3.63, 3.8) is 0 Å². The molecule has 7 rings (SSSR count). The van der Waals surface area contributed by atoms with E-state index in [0.29, 0.717) is 37.9 Å². The number of ether oxygens (including phenoxy) is 2. The molecule has 15 nitrogen and oxygen atoms in total. The molecule has 6 atom stereocenters. The van der Waals surface area contributed by atoms with Gasteiger partial charge in [-0.2, -0.15) is 0 Å². The number of nitrogens with one attached hydrogen (secondary N) is 3.